The van der Waals surface area contributed by atoms with Crippen LogP contribution in [0.15, 0.2) is 237 Å². The third-order valence-corrected chi connectivity index (χ3v) is 14.3. The van der Waals surface area contributed by atoms with E-state index in [0.717, 1.165) is 38.9 Å². The van der Waals surface area contributed by atoms with Crippen molar-refractivity contribution in [3.63, 3.8) is 0 Å². The van der Waals surface area contributed by atoms with E-state index < -0.39 is 67.8 Å². The predicted octanol–water partition coefficient (Wildman–Crippen LogP) is 12.9. The topological polar surface area (TPSA) is 111 Å². The minimum Gasteiger partial charge on any atom is -0.497 e. The van der Waals surface area contributed by atoms with Gasteiger partial charge in [0, 0.05) is 5.56 Å². The van der Waals surface area contributed by atoms with Crippen LogP contribution >= 0.6 is 0 Å². The van der Waals surface area contributed by atoms with Crippen LogP contribution in [0.25, 0.3) is 0 Å². The fourth-order valence-electron chi connectivity index (χ4n) is 10.0. The van der Waals surface area contributed by atoms with E-state index in [-0.39, 0.29) is 59.5 Å². The molecule has 2 saturated heterocycles. The molecular weight excluding hydrogens is 1040 g/mol. The van der Waals surface area contributed by atoms with Gasteiger partial charge in [0.25, 0.3) is 0 Å². The molecule has 11 atom stereocenters. The number of methoxy groups -OCH3 is 1. The zero-order valence-electron chi connectivity index (χ0n) is 46.0. The molecule has 0 spiro atoms. The van der Waals surface area contributed by atoms with Gasteiger partial charge in [0.2, 0.25) is 6.36 Å². The van der Waals surface area contributed by atoms with Crippen molar-refractivity contribution >= 4 is 0 Å². The van der Waals surface area contributed by atoms with Crippen molar-refractivity contribution in [2.45, 2.75) is 114 Å². The molecule has 0 aliphatic carbocycles. The molecule has 2 aliphatic heterocycles. The third kappa shape index (κ3) is 16.8. The standard InChI is InChI=1S/C69H71FO12/c1-71-58-39-37-57(38-40-58)68(82-65-63(75-44-53-29-15-5-16-30-53)61(73-42-51-25-11-3-12-26-51)59(80-67(65)70)48-72-41-50-23-9-2-10-24-50)79-49-60-62(74-43-52-27-13-4-14-28-52)64(76-45-54-31-17-6-18-32-54)66(77-46-55-33-19-7-20-34-55)69(81-60)78-47-56-35-21-8-22-36-56/h2-40,59-69H,41-49H2,1H3/t59-,60-,61-,62-,63+,64+,65+,66-,67+,68+,69-/m1/s1. The van der Waals surface area contributed by atoms with Gasteiger partial charge in [-0.05, 0) is 51.1 Å². The Hall–Kier alpha value is -6.95. The molecule has 0 aromatic heterocycles. The molecule has 0 saturated carbocycles. The summed E-state index contributed by atoms with van der Waals surface area (Å²) in [5, 5.41) is 0. The molecule has 0 radical (unpaired) electrons. The van der Waals surface area contributed by atoms with Gasteiger partial charge < -0.3 is 56.8 Å². The van der Waals surface area contributed by atoms with Crippen LogP contribution in [0.2, 0.25) is 0 Å². The fourth-order valence-corrected chi connectivity index (χ4v) is 10.0. The van der Waals surface area contributed by atoms with E-state index in [4.69, 9.17) is 56.8 Å². The van der Waals surface area contributed by atoms with E-state index in [1.807, 2.05) is 224 Å². The number of hydrogen-bond acceptors (Lipinski definition) is 12. The van der Waals surface area contributed by atoms with Crippen LogP contribution in [0.1, 0.15) is 50.8 Å². The molecule has 12 nitrogen and oxygen atoms in total. The van der Waals surface area contributed by atoms with Gasteiger partial charge in [-0.3, -0.25) is 0 Å². The molecule has 2 aliphatic rings. The van der Waals surface area contributed by atoms with Gasteiger partial charge in [0.05, 0.1) is 66.6 Å². The lowest BCUT2D eigenvalue weighted by Gasteiger charge is -2.46. The summed E-state index contributed by atoms with van der Waals surface area (Å²) in [7, 11) is 1.59. The average molecular weight is 1110 g/mol. The molecule has 2 fully saturated rings. The second-order valence-corrected chi connectivity index (χ2v) is 20.2. The van der Waals surface area contributed by atoms with Gasteiger partial charge in [-0.1, -0.05) is 224 Å². The molecule has 82 heavy (non-hydrogen) atoms. The summed E-state index contributed by atoms with van der Waals surface area (Å²) in [6, 6.07) is 76.2. The lowest BCUT2D eigenvalue weighted by atomic mass is 9.97. The maximum Gasteiger partial charge on any atom is 0.228 e. The minimum absolute atomic E-state index is 0.00552. The van der Waals surface area contributed by atoms with E-state index in [0.29, 0.717) is 11.3 Å². The van der Waals surface area contributed by atoms with Crippen LogP contribution in [-0.2, 0) is 98.4 Å². The summed E-state index contributed by atoms with van der Waals surface area (Å²) in [6.45, 7) is 1.31. The molecule has 2 heterocycles. The molecular formula is C69H71FO12. The zero-order valence-corrected chi connectivity index (χ0v) is 46.0. The molecule has 0 N–H and O–H groups in total. The van der Waals surface area contributed by atoms with E-state index in [2.05, 4.69) is 0 Å². The van der Waals surface area contributed by atoms with Crippen molar-refractivity contribution in [2.75, 3.05) is 20.3 Å². The quantitative estimate of drug-likeness (QED) is 0.0416. The van der Waals surface area contributed by atoms with E-state index >= 15 is 4.39 Å². The number of alkyl halides is 1. The Labute approximate surface area is 480 Å². The average Bonchev–Trinajstić information content (AvgIpc) is 3.69. The van der Waals surface area contributed by atoms with Gasteiger partial charge in [0.1, 0.15) is 54.6 Å². The van der Waals surface area contributed by atoms with Gasteiger partial charge in [-0.25, -0.2) is 4.39 Å². The first kappa shape index (κ1) is 58.3. The Bertz CT molecular complexity index is 3010. The Kier molecular flexibility index (Phi) is 22.0. The molecule has 8 aromatic rings. The van der Waals surface area contributed by atoms with Gasteiger partial charge in [0.15, 0.2) is 12.6 Å². The highest BCUT2D eigenvalue weighted by Gasteiger charge is 2.52. The Balaban J connectivity index is 0.992. The minimum atomic E-state index is -2.03. The van der Waals surface area contributed by atoms with E-state index in [1.54, 1.807) is 19.2 Å². The highest BCUT2D eigenvalue weighted by Crippen LogP contribution is 2.37. The van der Waals surface area contributed by atoms with Crippen LogP contribution in [0.5, 0.6) is 5.75 Å². The lowest BCUT2D eigenvalue weighted by Crippen LogP contribution is -2.62. The number of rotatable bonds is 29. The van der Waals surface area contributed by atoms with Gasteiger partial charge >= 0.3 is 0 Å². The molecule has 426 valence electrons. The summed E-state index contributed by atoms with van der Waals surface area (Å²) in [5.41, 5.74) is 7.09. The van der Waals surface area contributed by atoms with Crippen molar-refractivity contribution in [3.05, 3.63) is 281 Å². The number of hydrogen-bond donors (Lipinski definition) is 0. The van der Waals surface area contributed by atoms with Crippen LogP contribution in [0.4, 0.5) is 4.39 Å². The number of benzene rings is 8. The smallest absolute Gasteiger partial charge is 0.228 e. The van der Waals surface area contributed by atoms with E-state index in [9.17, 15) is 0 Å². The molecule has 0 bridgehead atoms. The monoisotopic (exact) mass is 1110 g/mol. The first-order chi connectivity index (χ1) is 40.5. The summed E-state index contributed by atoms with van der Waals surface area (Å²) < 4.78 is 98.2. The summed E-state index contributed by atoms with van der Waals surface area (Å²) in [5.74, 6) is 0.604. The van der Waals surface area contributed by atoms with Gasteiger partial charge in [-0.15, -0.1) is 0 Å². The maximum atomic E-state index is 17.6. The second-order valence-electron chi connectivity index (χ2n) is 20.2. The van der Waals surface area contributed by atoms with E-state index in [1.165, 1.54) is 0 Å². The summed E-state index contributed by atoms with van der Waals surface area (Å²) in [4.78, 5) is 0. The van der Waals surface area contributed by atoms with Crippen molar-refractivity contribution < 1.29 is 61.2 Å². The number of halogens is 1. The van der Waals surface area contributed by atoms with Crippen LogP contribution in [0.3, 0.4) is 0 Å². The molecule has 13 heteroatoms. The van der Waals surface area contributed by atoms with Crippen LogP contribution < -0.4 is 4.74 Å². The normalized spacial score (nSPS) is 23.0. The Morgan fingerprint density at radius 2 is 0.695 bits per heavy atom. The first-order valence-corrected chi connectivity index (χ1v) is 27.9. The highest BCUT2D eigenvalue weighted by atomic mass is 19.1. The highest BCUT2D eigenvalue weighted by molar-refractivity contribution is 5.28. The largest absolute Gasteiger partial charge is 0.497 e. The SMILES string of the molecule is COc1ccc([C@@H](OC[C@H]2O[C@@H](OCc3ccccc3)[C@H](OCc3ccccc3)[C@@H](OCc3ccccc3)[C@@H]2OCc2ccccc2)O[C@H]2[C@@H](OCc3ccccc3)[C@H](OCc3ccccc3)[C@@H](COCc3ccccc3)O[C@@H]2F)cc1. The summed E-state index contributed by atoms with van der Waals surface area (Å²) >= 11 is 0. The van der Waals surface area contributed by atoms with Crippen molar-refractivity contribution in [3.8, 4) is 5.75 Å². The van der Waals surface area contributed by atoms with Crippen molar-refractivity contribution in [2.24, 2.45) is 0 Å². The van der Waals surface area contributed by atoms with Crippen molar-refractivity contribution in [1.82, 2.24) is 0 Å². The molecule has 10 rings (SSSR count). The third-order valence-electron chi connectivity index (χ3n) is 14.3. The second kappa shape index (κ2) is 30.9. The first-order valence-electron chi connectivity index (χ1n) is 27.9. The molecule has 0 unspecified atom stereocenters. The van der Waals surface area contributed by atoms with Crippen molar-refractivity contribution in [1.29, 1.82) is 0 Å². The Morgan fingerprint density at radius 1 is 0.354 bits per heavy atom. The number of ether oxygens (including phenoxy) is 12. The molecule has 8 aromatic carbocycles. The zero-order chi connectivity index (χ0) is 56.0. The summed E-state index contributed by atoms with van der Waals surface area (Å²) in [6.07, 6.45) is -11.8. The Morgan fingerprint density at radius 3 is 1.10 bits per heavy atom. The van der Waals surface area contributed by atoms with Crippen LogP contribution in [-0.4, -0.2) is 81.8 Å². The van der Waals surface area contributed by atoms with Crippen LogP contribution in [0, 0.1) is 0 Å². The lowest BCUT2D eigenvalue weighted by molar-refractivity contribution is -0.346. The predicted molar refractivity (Wildman–Crippen MR) is 307 cm³/mol. The maximum absolute atomic E-state index is 17.6. The fraction of sp³-hybridized carbons (Fsp3) is 0.304. The van der Waals surface area contributed by atoms with Gasteiger partial charge in [-0.2, -0.15) is 0 Å². The molecule has 0 amide bonds.